The van der Waals surface area contributed by atoms with Gasteiger partial charge >= 0.3 is 12.4 Å². The van der Waals surface area contributed by atoms with E-state index >= 15 is 0 Å². The summed E-state index contributed by atoms with van der Waals surface area (Å²) in [4.78, 5) is 2.50. The molecule has 1 unspecified atom stereocenters. The van der Waals surface area contributed by atoms with Gasteiger partial charge in [-0.2, -0.15) is 31.6 Å². The lowest BCUT2D eigenvalue weighted by molar-refractivity contribution is -0.392. The molecule has 2 saturated heterocycles. The van der Waals surface area contributed by atoms with Crippen molar-refractivity contribution in [2.24, 2.45) is 5.92 Å². The normalized spacial score (nSPS) is 21.9. The van der Waals surface area contributed by atoms with Crippen LogP contribution in [0.1, 0.15) is 29.5 Å². The smallest absolute Gasteiger partial charge is 0.365 e. The van der Waals surface area contributed by atoms with Crippen molar-refractivity contribution >= 4 is 9.84 Å². The highest BCUT2D eigenvalue weighted by Crippen LogP contribution is 2.54. The third kappa shape index (κ3) is 6.40. The van der Waals surface area contributed by atoms with Crippen LogP contribution in [-0.4, -0.2) is 68.2 Å². The van der Waals surface area contributed by atoms with Crippen molar-refractivity contribution in [3.63, 3.8) is 0 Å². The molecule has 0 bridgehead atoms. The third-order valence-corrected chi connectivity index (χ3v) is 11.6. The molecule has 0 saturated carbocycles. The number of ether oxygens (including phenoxy) is 1. The van der Waals surface area contributed by atoms with Crippen LogP contribution in [0.4, 0.5) is 39.5 Å². The summed E-state index contributed by atoms with van der Waals surface area (Å²) in [5.74, 6) is -4.04. The standard InChI is InChI=1S/C32H28F9N3O4S/c33-23-8-10-24(11-9-23)49(46,47)29(13-15-44(19-29)28(45)43-14-12-20(16-42)17-43)21-4-6-22(7-5-21)30(31(36,37)38,32(39,40)41)48-18-25-26(34)2-1-3-27(25)35/h1-11,20,28,45H,12-15,17-19H2/t20-,28?,29-/m0/s1. The van der Waals surface area contributed by atoms with Gasteiger partial charge in [0.2, 0.25) is 0 Å². The van der Waals surface area contributed by atoms with Crippen LogP contribution in [0.25, 0.3) is 0 Å². The fourth-order valence-electron chi connectivity index (χ4n) is 6.38. The zero-order chi connectivity index (χ0) is 36.0. The zero-order valence-electron chi connectivity index (χ0n) is 25.3. The number of benzene rings is 3. The minimum atomic E-state index is -6.22. The summed E-state index contributed by atoms with van der Waals surface area (Å²) in [5, 5.41) is 20.4. The molecule has 0 radical (unpaired) electrons. The van der Waals surface area contributed by atoms with Crippen molar-refractivity contribution in [3.05, 3.63) is 101 Å². The predicted octanol–water partition coefficient (Wildman–Crippen LogP) is 6.14. The first-order chi connectivity index (χ1) is 22.9. The number of aliphatic hydroxyl groups is 1. The van der Waals surface area contributed by atoms with Crippen molar-refractivity contribution in [2.45, 2.75) is 53.4 Å². The van der Waals surface area contributed by atoms with Crippen LogP contribution in [-0.2, 0) is 31.5 Å². The molecule has 1 N–H and O–H groups in total. The number of nitrogens with zero attached hydrogens (tertiary/aromatic N) is 3. The van der Waals surface area contributed by atoms with Crippen LogP contribution >= 0.6 is 0 Å². The second-order valence-electron chi connectivity index (χ2n) is 11.9. The Morgan fingerprint density at radius 2 is 1.49 bits per heavy atom. The Morgan fingerprint density at radius 3 is 2.02 bits per heavy atom. The Balaban J connectivity index is 1.59. The maximum atomic E-state index is 14.5. The van der Waals surface area contributed by atoms with Crippen LogP contribution in [0.2, 0.25) is 0 Å². The lowest BCUT2D eigenvalue weighted by Crippen LogP contribution is -2.56. The first-order valence-electron chi connectivity index (χ1n) is 14.8. The van der Waals surface area contributed by atoms with E-state index in [4.69, 9.17) is 0 Å². The van der Waals surface area contributed by atoms with Gasteiger partial charge < -0.3 is 9.84 Å². The van der Waals surface area contributed by atoms with E-state index in [0.717, 1.165) is 42.5 Å². The molecule has 0 amide bonds. The molecule has 2 aliphatic heterocycles. The summed E-state index contributed by atoms with van der Waals surface area (Å²) in [6.07, 6.45) is -13.7. The number of hydrogen-bond donors (Lipinski definition) is 1. The van der Waals surface area contributed by atoms with Crippen molar-refractivity contribution in [3.8, 4) is 6.07 Å². The lowest BCUT2D eigenvalue weighted by Gasteiger charge is -2.38. The summed E-state index contributed by atoms with van der Waals surface area (Å²) in [7, 11) is -4.59. The predicted molar refractivity (Wildman–Crippen MR) is 154 cm³/mol. The number of rotatable bonds is 9. The van der Waals surface area contributed by atoms with Gasteiger partial charge in [0.15, 0.2) is 16.2 Å². The first kappa shape index (κ1) is 36.6. The highest BCUT2D eigenvalue weighted by Gasteiger charge is 2.73. The van der Waals surface area contributed by atoms with Gasteiger partial charge in [-0.1, -0.05) is 30.3 Å². The number of halogens is 9. The number of alkyl halides is 6. The molecule has 3 aromatic carbocycles. The average Bonchev–Trinajstić information content (AvgIpc) is 3.71. The monoisotopic (exact) mass is 721 g/mol. The molecule has 2 aliphatic rings. The zero-order valence-corrected chi connectivity index (χ0v) is 26.1. The Kier molecular flexibility index (Phi) is 9.87. The van der Waals surface area contributed by atoms with E-state index in [1.807, 2.05) is 0 Å². The van der Waals surface area contributed by atoms with Crippen molar-refractivity contribution in [1.82, 2.24) is 9.80 Å². The van der Waals surface area contributed by atoms with E-state index in [1.54, 1.807) is 0 Å². The molecule has 2 fully saturated rings. The summed E-state index contributed by atoms with van der Waals surface area (Å²) in [5.41, 5.74) is -8.06. The minimum Gasteiger partial charge on any atom is -0.365 e. The summed E-state index contributed by atoms with van der Waals surface area (Å²) in [6.45, 7) is -1.86. The molecule has 17 heteroatoms. The molecular formula is C32H28F9N3O4S. The molecule has 7 nitrogen and oxygen atoms in total. The lowest BCUT2D eigenvalue weighted by atomic mass is 9.88. The van der Waals surface area contributed by atoms with E-state index in [2.05, 4.69) is 10.8 Å². The van der Waals surface area contributed by atoms with Gasteiger partial charge in [-0.05, 0) is 54.8 Å². The van der Waals surface area contributed by atoms with E-state index in [1.165, 1.54) is 9.80 Å². The molecular weight excluding hydrogens is 693 g/mol. The van der Waals surface area contributed by atoms with Crippen LogP contribution < -0.4 is 0 Å². The van der Waals surface area contributed by atoms with Gasteiger partial charge in [-0.15, -0.1) is 0 Å². The highest BCUT2D eigenvalue weighted by molar-refractivity contribution is 7.92. The van der Waals surface area contributed by atoms with E-state index < -0.39 is 91.4 Å². The van der Waals surface area contributed by atoms with Gasteiger partial charge in [0.1, 0.15) is 22.2 Å². The molecule has 264 valence electrons. The largest absolute Gasteiger partial charge is 0.430 e. The molecule has 2 heterocycles. The molecule has 3 aromatic rings. The molecule has 3 atom stereocenters. The van der Waals surface area contributed by atoms with Crippen molar-refractivity contribution in [2.75, 3.05) is 26.2 Å². The maximum absolute atomic E-state index is 14.5. The number of likely N-dealkylation sites (tertiary alicyclic amines) is 2. The topological polar surface area (TPSA) is 93.9 Å². The van der Waals surface area contributed by atoms with E-state index in [0.29, 0.717) is 37.2 Å². The SMILES string of the molecule is N#C[C@@H]1CCN(C(O)N2CC[C@](c3ccc(C(OCc4c(F)cccc4F)(C(F)(F)F)C(F)(F)F)cc3)(S(=O)(=O)c3ccc(F)cc3)C2)C1. The molecule has 5 rings (SSSR count). The van der Waals surface area contributed by atoms with Crippen molar-refractivity contribution in [1.29, 1.82) is 5.26 Å². The number of hydrogen-bond acceptors (Lipinski definition) is 7. The quantitative estimate of drug-likeness (QED) is 0.210. The molecule has 49 heavy (non-hydrogen) atoms. The van der Waals surface area contributed by atoms with E-state index in [-0.39, 0.29) is 25.1 Å². The van der Waals surface area contributed by atoms with Crippen LogP contribution in [0.15, 0.2) is 71.6 Å². The number of sulfone groups is 1. The Hall–Kier alpha value is -3.69. The van der Waals surface area contributed by atoms with Crippen LogP contribution in [0.3, 0.4) is 0 Å². The van der Waals surface area contributed by atoms with Gasteiger partial charge in [0.25, 0.3) is 5.60 Å². The molecule has 0 aromatic heterocycles. The number of aliphatic hydroxyl groups excluding tert-OH is 1. The molecule has 0 aliphatic carbocycles. The Labute approximate surface area is 275 Å². The third-order valence-electron chi connectivity index (χ3n) is 9.07. The summed E-state index contributed by atoms with van der Waals surface area (Å²) < 4.78 is 160. The summed E-state index contributed by atoms with van der Waals surface area (Å²) in [6, 6.07) is 10.2. The van der Waals surface area contributed by atoms with Crippen LogP contribution in [0.5, 0.6) is 0 Å². The Bertz CT molecular complexity index is 1780. The minimum absolute atomic E-state index is 0.0938. The maximum Gasteiger partial charge on any atom is 0.430 e. The average molecular weight is 722 g/mol. The second kappa shape index (κ2) is 13.2. The second-order valence-corrected chi connectivity index (χ2v) is 14.1. The van der Waals surface area contributed by atoms with Gasteiger partial charge in [0, 0.05) is 37.3 Å². The van der Waals surface area contributed by atoms with Gasteiger partial charge in [-0.3, -0.25) is 9.80 Å². The van der Waals surface area contributed by atoms with Crippen LogP contribution in [0, 0.1) is 34.7 Å². The van der Waals surface area contributed by atoms with Gasteiger partial charge in [0.05, 0.1) is 23.5 Å². The fraction of sp³-hybridized carbons (Fsp3) is 0.406. The summed E-state index contributed by atoms with van der Waals surface area (Å²) >= 11 is 0. The first-order valence-corrected chi connectivity index (χ1v) is 16.2. The highest BCUT2D eigenvalue weighted by atomic mass is 32.2. The number of nitriles is 1. The fourth-order valence-corrected chi connectivity index (χ4v) is 8.47. The molecule has 0 spiro atoms. The van der Waals surface area contributed by atoms with Crippen molar-refractivity contribution < 1.29 is 57.8 Å². The Morgan fingerprint density at radius 1 is 0.898 bits per heavy atom. The van der Waals surface area contributed by atoms with E-state index in [9.17, 15) is 58.3 Å². The van der Waals surface area contributed by atoms with Gasteiger partial charge in [-0.25, -0.2) is 21.6 Å².